The fourth-order valence-corrected chi connectivity index (χ4v) is 2.85. The summed E-state index contributed by atoms with van der Waals surface area (Å²) in [6.07, 6.45) is 9.13. The summed E-state index contributed by atoms with van der Waals surface area (Å²) in [4.78, 5) is 11.9. The lowest BCUT2D eigenvalue weighted by Gasteiger charge is -2.27. The molecule has 0 bridgehead atoms. The molecule has 3 unspecified atom stereocenters. The fraction of sp³-hybridized carbons (Fsp3) is 0.812. The molecule has 0 aromatic rings. The molecule has 2 rings (SSSR count). The van der Waals surface area contributed by atoms with Crippen molar-refractivity contribution in [2.45, 2.75) is 76.7 Å². The lowest BCUT2D eigenvalue weighted by atomic mass is 10.1. The average Bonchev–Trinajstić information content (AvgIpc) is 2.82. The van der Waals surface area contributed by atoms with Crippen molar-refractivity contribution in [2.75, 3.05) is 6.54 Å². The van der Waals surface area contributed by atoms with Crippen LogP contribution in [0.5, 0.6) is 0 Å². The number of hydrogen-bond donors (Lipinski definition) is 2. The minimum atomic E-state index is -0.451. The Kier molecular flexibility index (Phi) is 5.51. The van der Waals surface area contributed by atoms with Crippen molar-refractivity contribution < 1.29 is 14.3 Å². The van der Waals surface area contributed by atoms with Crippen LogP contribution in [0, 0.1) is 0 Å². The van der Waals surface area contributed by atoms with Crippen molar-refractivity contribution in [1.29, 1.82) is 0 Å². The van der Waals surface area contributed by atoms with E-state index in [-0.39, 0.29) is 18.2 Å². The second-order valence-electron chi connectivity index (χ2n) is 6.91. The summed E-state index contributed by atoms with van der Waals surface area (Å²) in [5, 5.41) is 6.54. The SMILES string of the molecule is CC(C)(C)OC(=O)NC1CCCC1NCC1CCC=CO1. The van der Waals surface area contributed by atoms with Gasteiger partial charge in [0.05, 0.1) is 6.26 Å². The summed E-state index contributed by atoms with van der Waals surface area (Å²) < 4.78 is 10.9. The van der Waals surface area contributed by atoms with Crippen LogP contribution in [-0.4, -0.2) is 36.4 Å². The number of carbonyl (C=O) groups excluding carboxylic acids is 1. The van der Waals surface area contributed by atoms with Gasteiger partial charge in [-0.1, -0.05) is 0 Å². The molecule has 0 saturated heterocycles. The molecular weight excluding hydrogens is 268 g/mol. The molecule has 0 spiro atoms. The molecule has 1 amide bonds. The third kappa shape index (κ3) is 5.58. The minimum Gasteiger partial charge on any atom is -0.497 e. The van der Waals surface area contributed by atoms with Crippen LogP contribution in [0.4, 0.5) is 4.79 Å². The first-order valence-corrected chi connectivity index (χ1v) is 7.97. The van der Waals surface area contributed by atoms with Gasteiger partial charge in [-0.15, -0.1) is 0 Å². The predicted octanol–water partition coefficient (Wildman–Crippen LogP) is 2.71. The molecule has 0 aromatic carbocycles. The van der Waals surface area contributed by atoms with Gasteiger partial charge >= 0.3 is 6.09 Å². The van der Waals surface area contributed by atoms with Gasteiger partial charge in [0.2, 0.25) is 0 Å². The van der Waals surface area contributed by atoms with Gasteiger partial charge < -0.3 is 20.1 Å². The third-order valence-electron chi connectivity index (χ3n) is 3.85. The quantitative estimate of drug-likeness (QED) is 0.837. The smallest absolute Gasteiger partial charge is 0.407 e. The topological polar surface area (TPSA) is 59.6 Å². The molecule has 2 N–H and O–H groups in total. The maximum Gasteiger partial charge on any atom is 0.407 e. The van der Waals surface area contributed by atoms with Crippen molar-refractivity contribution in [3.8, 4) is 0 Å². The van der Waals surface area contributed by atoms with Gasteiger partial charge in [-0.2, -0.15) is 0 Å². The van der Waals surface area contributed by atoms with Gasteiger partial charge in [0, 0.05) is 18.6 Å². The monoisotopic (exact) mass is 296 g/mol. The van der Waals surface area contributed by atoms with E-state index in [4.69, 9.17) is 9.47 Å². The standard InChI is InChI=1S/C16H28N2O3/c1-16(2,3)21-15(19)18-14-9-6-8-13(14)17-11-12-7-4-5-10-20-12/h5,10,12-14,17H,4,6-9,11H2,1-3H3,(H,18,19). The van der Waals surface area contributed by atoms with Crippen molar-refractivity contribution in [3.63, 3.8) is 0 Å². The van der Waals surface area contributed by atoms with Crippen molar-refractivity contribution in [1.82, 2.24) is 10.6 Å². The highest BCUT2D eigenvalue weighted by Gasteiger charge is 2.30. The van der Waals surface area contributed by atoms with Gasteiger partial charge in [0.25, 0.3) is 0 Å². The van der Waals surface area contributed by atoms with Crippen LogP contribution >= 0.6 is 0 Å². The zero-order valence-corrected chi connectivity index (χ0v) is 13.4. The van der Waals surface area contributed by atoms with E-state index >= 15 is 0 Å². The van der Waals surface area contributed by atoms with E-state index in [9.17, 15) is 4.79 Å². The Morgan fingerprint density at radius 2 is 2.05 bits per heavy atom. The molecule has 5 heteroatoms. The van der Waals surface area contributed by atoms with Gasteiger partial charge in [0.1, 0.15) is 11.7 Å². The molecular formula is C16H28N2O3. The number of nitrogens with one attached hydrogen (secondary N) is 2. The highest BCUT2D eigenvalue weighted by molar-refractivity contribution is 5.68. The molecule has 1 fully saturated rings. The number of hydrogen-bond acceptors (Lipinski definition) is 4. The summed E-state index contributed by atoms with van der Waals surface area (Å²) >= 11 is 0. The Morgan fingerprint density at radius 1 is 1.29 bits per heavy atom. The molecule has 1 saturated carbocycles. The third-order valence-corrected chi connectivity index (χ3v) is 3.85. The van der Waals surface area contributed by atoms with Crippen LogP contribution in [0.3, 0.4) is 0 Å². The zero-order valence-electron chi connectivity index (χ0n) is 13.4. The molecule has 0 radical (unpaired) electrons. The Bertz CT molecular complexity index is 376. The van der Waals surface area contributed by atoms with Crippen LogP contribution in [0.1, 0.15) is 52.9 Å². The largest absolute Gasteiger partial charge is 0.497 e. The Hall–Kier alpha value is -1.23. The highest BCUT2D eigenvalue weighted by Crippen LogP contribution is 2.20. The number of carbonyl (C=O) groups is 1. The normalized spacial score (nSPS) is 29.0. The zero-order chi connectivity index (χ0) is 15.3. The molecule has 1 aliphatic heterocycles. The molecule has 0 aromatic heterocycles. The van der Waals surface area contributed by atoms with Crippen LogP contribution in [-0.2, 0) is 9.47 Å². The summed E-state index contributed by atoms with van der Waals surface area (Å²) in [7, 11) is 0. The number of allylic oxidation sites excluding steroid dienone is 1. The number of alkyl carbamates (subject to hydrolysis) is 1. The summed E-state index contributed by atoms with van der Waals surface area (Å²) in [6, 6.07) is 0.464. The molecule has 2 aliphatic rings. The van der Waals surface area contributed by atoms with Gasteiger partial charge in [-0.3, -0.25) is 0 Å². The molecule has 5 nitrogen and oxygen atoms in total. The Balaban J connectivity index is 1.74. The van der Waals surface area contributed by atoms with Gasteiger partial charge in [-0.25, -0.2) is 4.79 Å². The highest BCUT2D eigenvalue weighted by atomic mass is 16.6. The van der Waals surface area contributed by atoms with E-state index in [1.807, 2.05) is 20.8 Å². The Labute approximate surface area is 127 Å². The van der Waals surface area contributed by atoms with Gasteiger partial charge in [0.15, 0.2) is 0 Å². The maximum absolute atomic E-state index is 11.9. The average molecular weight is 296 g/mol. The maximum atomic E-state index is 11.9. The summed E-state index contributed by atoms with van der Waals surface area (Å²) in [5.74, 6) is 0. The lowest BCUT2D eigenvalue weighted by molar-refractivity contribution is 0.0495. The first kappa shape index (κ1) is 16.1. The molecule has 1 aliphatic carbocycles. The van der Waals surface area contributed by atoms with E-state index < -0.39 is 5.60 Å². The van der Waals surface area contributed by atoms with E-state index in [1.54, 1.807) is 6.26 Å². The van der Waals surface area contributed by atoms with Gasteiger partial charge in [-0.05, 0) is 59.0 Å². The molecule has 120 valence electrons. The second-order valence-corrected chi connectivity index (χ2v) is 6.91. The van der Waals surface area contributed by atoms with E-state index in [1.165, 1.54) is 0 Å². The van der Waals surface area contributed by atoms with E-state index in [0.29, 0.717) is 6.04 Å². The second kappa shape index (κ2) is 7.16. The lowest BCUT2D eigenvalue weighted by Crippen LogP contribution is -2.49. The molecule has 3 atom stereocenters. The van der Waals surface area contributed by atoms with E-state index in [2.05, 4.69) is 16.7 Å². The predicted molar refractivity (Wildman–Crippen MR) is 82.0 cm³/mol. The number of rotatable bonds is 4. The van der Waals surface area contributed by atoms with Crippen LogP contribution in [0.2, 0.25) is 0 Å². The van der Waals surface area contributed by atoms with Crippen LogP contribution in [0.25, 0.3) is 0 Å². The van der Waals surface area contributed by atoms with Crippen molar-refractivity contribution in [2.24, 2.45) is 0 Å². The minimum absolute atomic E-state index is 0.152. The molecule has 1 heterocycles. The Morgan fingerprint density at radius 3 is 2.71 bits per heavy atom. The fourth-order valence-electron chi connectivity index (χ4n) is 2.85. The van der Waals surface area contributed by atoms with Crippen molar-refractivity contribution in [3.05, 3.63) is 12.3 Å². The molecule has 21 heavy (non-hydrogen) atoms. The summed E-state index contributed by atoms with van der Waals surface area (Å²) in [6.45, 7) is 6.47. The number of ether oxygens (including phenoxy) is 2. The number of amides is 1. The first-order valence-electron chi connectivity index (χ1n) is 7.97. The first-order chi connectivity index (χ1) is 9.94. The van der Waals surface area contributed by atoms with Crippen molar-refractivity contribution >= 4 is 6.09 Å². The van der Waals surface area contributed by atoms with Crippen LogP contribution < -0.4 is 10.6 Å². The van der Waals surface area contributed by atoms with Crippen LogP contribution in [0.15, 0.2) is 12.3 Å². The van der Waals surface area contributed by atoms with E-state index in [0.717, 1.165) is 38.6 Å². The summed E-state index contributed by atoms with van der Waals surface area (Å²) in [5.41, 5.74) is -0.451.